The van der Waals surface area contributed by atoms with Gasteiger partial charge in [-0.3, -0.25) is 4.90 Å². The first kappa shape index (κ1) is 23.4. The van der Waals surface area contributed by atoms with Gasteiger partial charge in [-0.15, -0.1) is 24.8 Å². The Balaban J connectivity index is 0.00000140. The van der Waals surface area contributed by atoms with E-state index in [1.165, 1.54) is 23.3 Å². The number of benzene rings is 2. The van der Waals surface area contributed by atoms with Crippen LogP contribution in [0.1, 0.15) is 22.7 Å². The summed E-state index contributed by atoms with van der Waals surface area (Å²) in [4.78, 5) is 2.58. The topological polar surface area (TPSA) is 24.5 Å². The summed E-state index contributed by atoms with van der Waals surface area (Å²) in [5, 5.41) is 3.84. The van der Waals surface area contributed by atoms with E-state index in [4.69, 9.17) is 16.3 Å². The molecule has 0 radical (unpaired) electrons. The average Bonchev–Trinajstić information content (AvgIpc) is 3.00. The van der Waals surface area contributed by atoms with Gasteiger partial charge in [0, 0.05) is 43.2 Å². The van der Waals surface area contributed by atoms with Crippen LogP contribution in [-0.2, 0) is 17.8 Å². The van der Waals surface area contributed by atoms with Crippen molar-refractivity contribution < 1.29 is 9.13 Å². The highest BCUT2D eigenvalue weighted by molar-refractivity contribution is 6.30. The summed E-state index contributed by atoms with van der Waals surface area (Å²) in [5.74, 6) is 0.109. The lowest BCUT2D eigenvalue weighted by molar-refractivity contribution is 0.0427. The highest BCUT2D eigenvalue weighted by atomic mass is 35.5. The van der Waals surface area contributed by atoms with Crippen LogP contribution in [0.15, 0.2) is 42.5 Å². The van der Waals surface area contributed by atoms with Crippen molar-refractivity contribution in [2.45, 2.75) is 19.1 Å². The molecule has 1 saturated heterocycles. The first-order valence-corrected chi connectivity index (χ1v) is 9.64. The van der Waals surface area contributed by atoms with Crippen LogP contribution in [-0.4, -0.2) is 37.7 Å². The number of fused-ring (bicyclic) bond motifs is 1. The molecule has 1 aliphatic carbocycles. The minimum absolute atomic E-state index is 0. The van der Waals surface area contributed by atoms with Crippen LogP contribution >= 0.6 is 36.4 Å². The number of nitrogens with one attached hydrogen (secondary N) is 1. The molecule has 1 fully saturated rings. The standard InChI is InChI=1S/C21H24ClFN2O.2ClH/c22-18-9-15(10-19(23)12-18)13-26-14-17-11-16-3-1-2-4-20(16)21(17)25-7-5-24-6-8-25;;/h1-4,9-10,12,17,21,24H,5-8,11,13-14H2;2*1H. The molecule has 2 unspecified atom stereocenters. The molecule has 154 valence electrons. The summed E-state index contributed by atoms with van der Waals surface area (Å²) < 4.78 is 19.5. The molecule has 1 aliphatic heterocycles. The van der Waals surface area contributed by atoms with Gasteiger partial charge in [0.25, 0.3) is 0 Å². The van der Waals surface area contributed by atoms with Crippen molar-refractivity contribution >= 4 is 36.4 Å². The minimum atomic E-state index is -0.317. The molecule has 4 rings (SSSR count). The zero-order valence-electron chi connectivity index (χ0n) is 15.6. The molecule has 7 heteroatoms. The Morgan fingerprint density at radius 2 is 1.86 bits per heavy atom. The SMILES string of the molecule is Cl.Cl.Fc1cc(Cl)cc(COCC2Cc3ccccc3C2N2CCNCC2)c1. The first-order chi connectivity index (χ1) is 12.7. The fourth-order valence-corrected chi connectivity index (χ4v) is 4.53. The van der Waals surface area contributed by atoms with Crippen LogP contribution in [0.4, 0.5) is 4.39 Å². The van der Waals surface area contributed by atoms with E-state index in [0.29, 0.717) is 30.2 Å². The van der Waals surface area contributed by atoms with Gasteiger partial charge in [-0.1, -0.05) is 35.9 Å². The molecule has 2 aromatic rings. The smallest absolute Gasteiger partial charge is 0.125 e. The van der Waals surface area contributed by atoms with E-state index < -0.39 is 0 Å². The molecule has 2 atom stereocenters. The maximum atomic E-state index is 13.5. The predicted octanol–water partition coefficient (Wildman–Crippen LogP) is 4.66. The molecular formula is C21H26Cl3FN2O. The van der Waals surface area contributed by atoms with Gasteiger partial charge in [-0.2, -0.15) is 0 Å². The van der Waals surface area contributed by atoms with Crippen LogP contribution in [0, 0.1) is 11.7 Å². The maximum Gasteiger partial charge on any atom is 0.125 e. The summed E-state index contributed by atoms with van der Waals surface area (Å²) in [6.45, 7) is 5.25. The Kier molecular flexibility index (Phi) is 9.00. The van der Waals surface area contributed by atoms with Gasteiger partial charge >= 0.3 is 0 Å². The Morgan fingerprint density at radius 3 is 2.61 bits per heavy atom. The molecule has 2 aromatic carbocycles. The van der Waals surface area contributed by atoms with Crippen LogP contribution < -0.4 is 5.32 Å². The van der Waals surface area contributed by atoms with Crippen LogP contribution in [0.3, 0.4) is 0 Å². The Bertz CT molecular complexity index is 751. The normalized spacial score (nSPS) is 21.5. The number of halogens is 4. The van der Waals surface area contributed by atoms with Crippen molar-refractivity contribution in [3.8, 4) is 0 Å². The van der Waals surface area contributed by atoms with Crippen LogP contribution in [0.25, 0.3) is 0 Å². The third kappa shape index (κ3) is 5.38. The second-order valence-corrected chi connectivity index (χ2v) is 7.62. The fourth-order valence-electron chi connectivity index (χ4n) is 4.28. The van der Waals surface area contributed by atoms with E-state index in [9.17, 15) is 4.39 Å². The zero-order chi connectivity index (χ0) is 17.9. The average molecular weight is 448 g/mol. The van der Waals surface area contributed by atoms with Crippen molar-refractivity contribution in [2.24, 2.45) is 5.92 Å². The summed E-state index contributed by atoms with van der Waals surface area (Å²) in [6.07, 6.45) is 1.04. The molecule has 1 heterocycles. The van der Waals surface area contributed by atoms with Crippen molar-refractivity contribution in [3.05, 3.63) is 70.0 Å². The fraction of sp³-hybridized carbons (Fsp3) is 0.429. The van der Waals surface area contributed by atoms with Gasteiger partial charge in [0.2, 0.25) is 0 Å². The Morgan fingerprint density at radius 1 is 1.11 bits per heavy atom. The lowest BCUT2D eigenvalue weighted by Crippen LogP contribution is -2.46. The summed E-state index contributed by atoms with van der Waals surface area (Å²) in [7, 11) is 0. The number of hydrogen-bond acceptors (Lipinski definition) is 3. The number of ether oxygens (including phenoxy) is 1. The van der Waals surface area contributed by atoms with Crippen LogP contribution in [0.5, 0.6) is 0 Å². The molecule has 3 nitrogen and oxygen atoms in total. The molecule has 1 N–H and O–H groups in total. The van der Waals surface area contributed by atoms with Crippen molar-refractivity contribution in [1.29, 1.82) is 0 Å². The Labute approximate surface area is 183 Å². The van der Waals surface area contributed by atoms with E-state index in [1.807, 2.05) is 0 Å². The quantitative estimate of drug-likeness (QED) is 0.721. The van der Waals surface area contributed by atoms with E-state index in [-0.39, 0.29) is 30.6 Å². The molecular weight excluding hydrogens is 422 g/mol. The van der Waals surface area contributed by atoms with Crippen molar-refractivity contribution in [1.82, 2.24) is 10.2 Å². The highest BCUT2D eigenvalue weighted by Crippen LogP contribution is 2.40. The number of hydrogen-bond donors (Lipinski definition) is 1. The monoisotopic (exact) mass is 446 g/mol. The number of rotatable bonds is 5. The lowest BCUT2D eigenvalue weighted by atomic mass is 9.99. The predicted molar refractivity (Wildman–Crippen MR) is 116 cm³/mol. The molecule has 0 bridgehead atoms. The van der Waals surface area contributed by atoms with Gasteiger partial charge in [0.1, 0.15) is 5.82 Å². The van der Waals surface area contributed by atoms with Gasteiger partial charge in [-0.05, 0) is 41.3 Å². The summed E-state index contributed by atoms with van der Waals surface area (Å²) in [5.41, 5.74) is 3.65. The van der Waals surface area contributed by atoms with Gasteiger partial charge in [0.05, 0.1) is 13.2 Å². The largest absolute Gasteiger partial charge is 0.376 e. The van der Waals surface area contributed by atoms with Gasteiger partial charge < -0.3 is 10.1 Å². The van der Waals surface area contributed by atoms with Gasteiger partial charge in [-0.25, -0.2) is 4.39 Å². The molecule has 2 aliphatic rings. The second-order valence-electron chi connectivity index (χ2n) is 7.19. The summed E-state index contributed by atoms with van der Waals surface area (Å²) >= 11 is 5.93. The van der Waals surface area contributed by atoms with E-state index in [1.54, 1.807) is 6.07 Å². The zero-order valence-corrected chi connectivity index (χ0v) is 18.0. The minimum Gasteiger partial charge on any atom is -0.376 e. The molecule has 0 aromatic heterocycles. The second kappa shape index (κ2) is 10.8. The molecule has 0 amide bonds. The number of nitrogens with zero attached hydrogens (tertiary/aromatic N) is 1. The van der Waals surface area contributed by atoms with E-state index in [0.717, 1.165) is 38.2 Å². The lowest BCUT2D eigenvalue weighted by Gasteiger charge is -2.36. The number of piperazine rings is 1. The summed E-state index contributed by atoms with van der Waals surface area (Å²) in [6, 6.07) is 13.7. The van der Waals surface area contributed by atoms with E-state index in [2.05, 4.69) is 34.5 Å². The maximum absolute atomic E-state index is 13.5. The Hall–Kier alpha value is -0.880. The van der Waals surface area contributed by atoms with Crippen molar-refractivity contribution in [3.63, 3.8) is 0 Å². The molecule has 28 heavy (non-hydrogen) atoms. The van der Waals surface area contributed by atoms with E-state index >= 15 is 0 Å². The molecule has 0 spiro atoms. The highest BCUT2D eigenvalue weighted by Gasteiger charge is 2.36. The van der Waals surface area contributed by atoms with Crippen LogP contribution in [0.2, 0.25) is 5.02 Å². The third-order valence-corrected chi connectivity index (χ3v) is 5.59. The molecule has 0 saturated carbocycles. The third-order valence-electron chi connectivity index (χ3n) is 5.37. The first-order valence-electron chi connectivity index (χ1n) is 9.26. The van der Waals surface area contributed by atoms with Gasteiger partial charge in [0.15, 0.2) is 0 Å². The van der Waals surface area contributed by atoms with Crippen molar-refractivity contribution in [2.75, 3.05) is 32.8 Å².